The van der Waals surface area contributed by atoms with Crippen LogP contribution in [0.3, 0.4) is 0 Å². The van der Waals surface area contributed by atoms with E-state index in [-0.39, 0.29) is 6.04 Å². The summed E-state index contributed by atoms with van der Waals surface area (Å²) in [5.41, 5.74) is 0.438. The molecule has 0 amide bonds. The fourth-order valence-corrected chi connectivity index (χ4v) is 2.59. The fourth-order valence-electron chi connectivity index (χ4n) is 2.59. The molecule has 1 unspecified atom stereocenters. The van der Waals surface area contributed by atoms with Crippen molar-refractivity contribution < 1.29 is 8.78 Å². The molecule has 2 heterocycles. The van der Waals surface area contributed by atoms with Gasteiger partial charge in [-0.1, -0.05) is 13.0 Å². The lowest BCUT2D eigenvalue weighted by Gasteiger charge is -2.24. The molecule has 0 spiro atoms. The largest absolute Gasteiger partial charge is 0.312 e. The van der Waals surface area contributed by atoms with Gasteiger partial charge in [0.1, 0.15) is 23.3 Å². The molecule has 2 aromatic rings. The number of nitrogens with zero attached hydrogens (tertiary/aromatic N) is 3. The number of hydrogen-bond donors (Lipinski definition) is 1. The normalized spacial score (nSPS) is 18.1. The zero-order valence-corrected chi connectivity index (χ0v) is 11.2. The van der Waals surface area contributed by atoms with Crippen LogP contribution in [0.2, 0.25) is 0 Å². The number of hydrogen-bond acceptors (Lipinski definition) is 3. The highest BCUT2D eigenvalue weighted by Gasteiger charge is 2.23. The lowest BCUT2D eigenvalue weighted by molar-refractivity contribution is 0.401. The first-order chi connectivity index (χ1) is 9.69. The maximum atomic E-state index is 13.7. The minimum atomic E-state index is -0.565. The van der Waals surface area contributed by atoms with Crippen molar-refractivity contribution in [3.63, 3.8) is 0 Å². The zero-order valence-electron chi connectivity index (χ0n) is 11.2. The molecule has 0 aliphatic carbocycles. The minimum Gasteiger partial charge on any atom is -0.312 e. The molecular formula is C14H16F2N4. The van der Waals surface area contributed by atoms with Crippen molar-refractivity contribution in [2.24, 2.45) is 0 Å². The Morgan fingerprint density at radius 1 is 1.35 bits per heavy atom. The van der Waals surface area contributed by atoms with Crippen LogP contribution in [0.4, 0.5) is 8.78 Å². The molecule has 1 aliphatic heterocycles. The molecule has 0 saturated heterocycles. The first kappa shape index (κ1) is 13.2. The lowest BCUT2D eigenvalue weighted by atomic mass is 10.1. The molecule has 3 rings (SSSR count). The number of halogens is 2. The SMILES string of the molecule is CCC1NCCn2c(Cc3ccc(F)cc3F)nnc21. The van der Waals surface area contributed by atoms with Crippen LogP contribution in [0.15, 0.2) is 18.2 Å². The number of rotatable bonds is 3. The summed E-state index contributed by atoms with van der Waals surface area (Å²) in [5.74, 6) is 0.523. The summed E-state index contributed by atoms with van der Waals surface area (Å²) in [5, 5.41) is 11.7. The maximum absolute atomic E-state index is 13.7. The molecule has 1 aromatic heterocycles. The summed E-state index contributed by atoms with van der Waals surface area (Å²) < 4.78 is 28.7. The molecule has 1 aromatic carbocycles. The zero-order chi connectivity index (χ0) is 14.1. The smallest absolute Gasteiger partial charge is 0.150 e. The van der Waals surface area contributed by atoms with Gasteiger partial charge in [0.05, 0.1) is 6.04 Å². The van der Waals surface area contributed by atoms with Crippen LogP contribution >= 0.6 is 0 Å². The van der Waals surface area contributed by atoms with Crippen molar-refractivity contribution in [1.29, 1.82) is 0 Å². The van der Waals surface area contributed by atoms with E-state index in [1.807, 2.05) is 4.57 Å². The summed E-state index contributed by atoms with van der Waals surface area (Å²) in [6, 6.07) is 3.83. The highest BCUT2D eigenvalue weighted by Crippen LogP contribution is 2.21. The third-order valence-electron chi connectivity index (χ3n) is 3.67. The summed E-state index contributed by atoms with van der Waals surface area (Å²) >= 11 is 0. The molecule has 1 N–H and O–H groups in total. The van der Waals surface area contributed by atoms with Gasteiger partial charge in [0.25, 0.3) is 0 Å². The van der Waals surface area contributed by atoms with Gasteiger partial charge in [0.2, 0.25) is 0 Å². The van der Waals surface area contributed by atoms with Gasteiger partial charge in [-0.2, -0.15) is 0 Å². The van der Waals surface area contributed by atoms with Crippen molar-refractivity contribution in [3.8, 4) is 0 Å². The second-order valence-electron chi connectivity index (χ2n) is 4.95. The Hall–Kier alpha value is -1.82. The Labute approximate surface area is 115 Å². The monoisotopic (exact) mass is 278 g/mol. The van der Waals surface area contributed by atoms with E-state index in [4.69, 9.17) is 0 Å². The van der Waals surface area contributed by atoms with Gasteiger partial charge < -0.3 is 9.88 Å². The molecule has 20 heavy (non-hydrogen) atoms. The molecule has 0 fully saturated rings. The van der Waals surface area contributed by atoms with E-state index in [0.29, 0.717) is 12.0 Å². The minimum absolute atomic E-state index is 0.197. The highest BCUT2D eigenvalue weighted by atomic mass is 19.1. The van der Waals surface area contributed by atoms with Crippen LogP contribution in [0, 0.1) is 11.6 Å². The Bertz CT molecular complexity index is 624. The summed E-state index contributed by atoms with van der Waals surface area (Å²) in [4.78, 5) is 0. The van der Waals surface area contributed by atoms with Gasteiger partial charge in [-0.25, -0.2) is 8.78 Å². The van der Waals surface area contributed by atoms with Crippen LogP contribution in [0.1, 0.15) is 36.6 Å². The predicted molar refractivity (Wildman–Crippen MR) is 70.2 cm³/mol. The van der Waals surface area contributed by atoms with Crippen LogP contribution < -0.4 is 5.32 Å². The third-order valence-corrected chi connectivity index (χ3v) is 3.67. The van der Waals surface area contributed by atoms with E-state index in [1.54, 1.807) is 0 Å². The lowest BCUT2D eigenvalue weighted by Crippen LogP contribution is -2.34. The summed E-state index contributed by atoms with van der Waals surface area (Å²) in [6.45, 7) is 3.71. The van der Waals surface area contributed by atoms with Crippen LogP contribution in [0.25, 0.3) is 0 Å². The Morgan fingerprint density at radius 3 is 2.95 bits per heavy atom. The molecule has 106 valence electrons. The van der Waals surface area contributed by atoms with Gasteiger partial charge >= 0.3 is 0 Å². The maximum Gasteiger partial charge on any atom is 0.150 e. The average molecular weight is 278 g/mol. The van der Waals surface area contributed by atoms with Gasteiger partial charge in [-0.15, -0.1) is 10.2 Å². The van der Waals surface area contributed by atoms with E-state index >= 15 is 0 Å². The number of benzene rings is 1. The van der Waals surface area contributed by atoms with Crippen molar-refractivity contribution in [1.82, 2.24) is 20.1 Å². The predicted octanol–water partition coefficient (Wildman–Crippen LogP) is 2.20. The van der Waals surface area contributed by atoms with Crippen LogP contribution in [-0.4, -0.2) is 21.3 Å². The Morgan fingerprint density at radius 2 is 2.20 bits per heavy atom. The standard InChI is InChI=1S/C14H16F2N4/c1-2-12-14-19-18-13(20(14)6-5-17-12)7-9-3-4-10(15)8-11(9)16/h3-4,8,12,17H,2,5-7H2,1H3. The van der Waals surface area contributed by atoms with Crippen molar-refractivity contribution in [2.75, 3.05) is 6.54 Å². The molecule has 6 heteroatoms. The van der Waals surface area contributed by atoms with E-state index in [2.05, 4.69) is 22.4 Å². The first-order valence-electron chi connectivity index (χ1n) is 6.78. The molecule has 0 saturated carbocycles. The third kappa shape index (κ3) is 2.31. The van der Waals surface area contributed by atoms with Gasteiger partial charge in [0, 0.05) is 25.6 Å². The summed E-state index contributed by atoms with van der Waals surface area (Å²) in [7, 11) is 0. The quantitative estimate of drug-likeness (QED) is 0.936. The van der Waals surface area contributed by atoms with E-state index in [1.165, 1.54) is 12.1 Å². The second-order valence-corrected chi connectivity index (χ2v) is 4.95. The number of nitrogens with one attached hydrogen (secondary N) is 1. The van der Waals surface area contributed by atoms with E-state index in [9.17, 15) is 8.78 Å². The second kappa shape index (κ2) is 5.28. The van der Waals surface area contributed by atoms with E-state index < -0.39 is 11.6 Å². The molecule has 1 atom stereocenters. The van der Waals surface area contributed by atoms with Crippen molar-refractivity contribution >= 4 is 0 Å². The molecule has 4 nitrogen and oxygen atoms in total. The molecular weight excluding hydrogens is 262 g/mol. The molecule has 0 radical (unpaired) electrons. The number of fused-ring (bicyclic) bond motifs is 1. The average Bonchev–Trinajstić information content (AvgIpc) is 2.85. The molecule has 0 bridgehead atoms. The fraction of sp³-hybridized carbons (Fsp3) is 0.429. The summed E-state index contributed by atoms with van der Waals surface area (Å²) in [6.07, 6.45) is 1.26. The Balaban J connectivity index is 1.90. The van der Waals surface area contributed by atoms with Crippen molar-refractivity contribution in [2.45, 2.75) is 32.4 Å². The Kier molecular flexibility index (Phi) is 3.48. The van der Waals surface area contributed by atoms with Gasteiger partial charge in [-0.3, -0.25) is 0 Å². The van der Waals surface area contributed by atoms with E-state index in [0.717, 1.165) is 37.2 Å². The first-order valence-corrected chi connectivity index (χ1v) is 6.78. The van der Waals surface area contributed by atoms with Crippen LogP contribution in [0.5, 0.6) is 0 Å². The van der Waals surface area contributed by atoms with Gasteiger partial charge in [0.15, 0.2) is 0 Å². The van der Waals surface area contributed by atoms with Crippen molar-refractivity contribution in [3.05, 3.63) is 47.0 Å². The number of aromatic nitrogens is 3. The highest BCUT2D eigenvalue weighted by molar-refractivity contribution is 5.22. The van der Waals surface area contributed by atoms with Gasteiger partial charge in [-0.05, 0) is 18.1 Å². The van der Waals surface area contributed by atoms with Crippen LogP contribution in [-0.2, 0) is 13.0 Å². The molecule has 1 aliphatic rings. The topological polar surface area (TPSA) is 42.7 Å².